The van der Waals surface area contributed by atoms with Crippen molar-refractivity contribution in [2.45, 2.75) is 0 Å². The lowest BCUT2D eigenvalue weighted by atomic mass is 10.0. The van der Waals surface area contributed by atoms with Crippen LogP contribution in [0.3, 0.4) is 0 Å². The van der Waals surface area contributed by atoms with Crippen LogP contribution in [0.25, 0.3) is 22.2 Å². The zero-order valence-corrected chi connectivity index (χ0v) is 8.83. The van der Waals surface area contributed by atoms with Crippen molar-refractivity contribution in [3.05, 3.63) is 42.5 Å². The van der Waals surface area contributed by atoms with Crippen LogP contribution in [0.2, 0.25) is 0 Å². The average Bonchev–Trinajstić information content (AvgIpc) is 2.75. The first kappa shape index (κ1) is 9.03. The largest absolute Gasteiger partial charge is 0.229 e. The molecule has 0 amide bonds. The molecule has 2 aromatic carbocycles. The molecule has 0 radical (unpaired) electrons. The van der Waals surface area contributed by atoms with Crippen LogP contribution >= 0.6 is 0 Å². The van der Waals surface area contributed by atoms with Crippen LogP contribution in [0, 0.1) is 0 Å². The molecule has 4 nitrogen and oxygen atoms in total. The summed E-state index contributed by atoms with van der Waals surface area (Å²) in [6, 6.07) is 14.4. The Bertz CT molecular complexity index is 637. The Morgan fingerprint density at radius 2 is 1.81 bits per heavy atom. The third-order valence-electron chi connectivity index (χ3n) is 2.65. The number of benzene rings is 2. The minimum Gasteiger partial charge on any atom is -0.229 e. The van der Waals surface area contributed by atoms with E-state index in [1.165, 1.54) is 10.8 Å². The molecule has 0 aliphatic carbocycles. The summed E-state index contributed by atoms with van der Waals surface area (Å²) in [5.74, 6) is 0.789. The summed E-state index contributed by atoms with van der Waals surface area (Å²) in [4.78, 5) is 0. The number of tetrazole rings is 1. The number of nitrogens with zero attached hydrogens (tertiary/aromatic N) is 4. The van der Waals surface area contributed by atoms with Crippen molar-refractivity contribution in [3.8, 4) is 11.4 Å². The summed E-state index contributed by atoms with van der Waals surface area (Å²) < 4.78 is 1.68. The maximum absolute atomic E-state index is 4.04. The molecule has 0 aliphatic rings. The summed E-state index contributed by atoms with van der Waals surface area (Å²) in [6.07, 6.45) is 0. The summed E-state index contributed by atoms with van der Waals surface area (Å²) in [6.45, 7) is 0. The van der Waals surface area contributed by atoms with E-state index in [-0.39, 0.29) is 0 Å². The lowest BCUT2D eigenvalue weighted by Crippen LogP contribution is -1.95. The zero-order chi connectivity index (χ0) is 11.0. The Hall–Kier alpha value is -2.23. The van der Waals surface area contributed by atoms with Gasteiger partial charge in [0.2, 0.25) is 0 Å². The summed E-state index contributed by atoms with van der Waals surface area (Å²) in [5.41, 5.74) is 1.06. The Morgan fingerprint density at radius 1 is 1.00 bits per heavy atom. The third-order valence-corrected chi connectivity index (χ3v) is 2.65. The van der Waals surface area contributed by atoms with E-state index < -0.39 is 0 Å². The summed E-state index contributed by atoms with van der Waals surface area (Å²) in [5, 5.41) is 13.9. The van der Waals surface area contributed by atoms with E-state index >= 15 is 0 Å². The van der Waals surface area contributed by atoms with Gasteiger partial charge in [0.15, 0.2) is 5.82 Å². The van der Waals surface area contributed by atoms with Gasteiger partial charge in [-0.15, -0.1) is 5.10 Å². The van der Waals surface area contributed by atoms with E-state index in [9.17, 15) is 0 Å². The molecule has 4 heteroatoms. The normalized spacial score (nSPS) is 10.8. The van der Waals surface area contributed by atoms with Crippen molar-refractivity contribution in [2.75, 3.05) is 0 Å². The highest BCUT2D eigenvalue weighted by atomic mass is 15.5. The minimum absolute atomic E-state index is 0.789. The van der Waals surface area contributed by atoms with Gasteiger partial charge in [-0.1, -0.05) is 42.5 Å². The molecule has 3 aromatic rings. The third kappa shape index (κ3) is 1.27. The fourth-order valence-electron chi connectivity index (χ4n) is 1.88. The van der Waals surface area contributed by atoms with Crippen molar-refractivity contribution >= 4 is 10.8 Å². The maximum Gasteiger partial charge on any atom is 0.182 e. The molecule has 0 spiro atoms. The molecular weight excluding hydrogens is 200 g/mol. The molecule has 0 atom stereocenters. The Morgan fingerprint density at radius 3 is 2.62 bits per heavy atom. The second-order valence-electron chi connectivity index (χ2n) is 3.65. The fraction of sp³-hybridized carbons (Fsp3) is 0.0833. The Balaban J connectivity index is 2.36. The molecule has 0 saturated heterocycles. The van der Waals surface area contributed by atoms with E-state index in [1.807, 2.05) is 31.3 Å². The molecule has 1 heterocycles. The highest BCUT2D eigenvalue weighted by molar-refractivity contribution is 5.94. The second kappa shape index (κ2) is 3.41. The lowest BCUT2D eigenvalue weighted by molar-refractivity contribution is 0.715. The van der Waals surface area contributed by atoms with Crippen LogP contribution in [-0.4, -0.2) is 20.2 Å². The highest BCUT2D eigenvalue weighted by Crippen LogP contribution is 2.25. The lowest BCUT2D eigenvalue weighted by Gasteiger charge is -2.04. The molecule has 78 valence electrons. The van der Waals surface area contributed by atoms with Gasteiger partial charge in [-0.25, -0.2) is 4.68 Å². The van der Waals surface area contributed by atoms with Crippen LogP contribution in [0.4, 0.5) is 0 Å². The number of hydrogen-bond acceptors (Lipinski definition) is 3. The smallest absolute Gasteiger partial charge is 0.182 e. The predicted octanol–water partition coefficient (Wildman–Crippen LogP) is 2.03. The van der Waals surface area contributed by atoms with Gasteiger partial charge in [-0.05, 0) is 21.2 Å². The van der Waals surface area contributed by atoms with E-state index in [0.29, 0.717) is 0 Å². The van der Waals surface area contributed by atoms with E-state index in [1.54, 1.807) is 4.68 Å². The SMILES string of the molecule is Cn1nnnc1-c1cccc2ccccc12. The Labute approximate surface area is 92.5 Å². The van der Waals surface area contributed by atoms with Gasteiger partial charge in [0, 0.05) is 12.6 Å². The molecule has 16 heavy (non-hydrogen) atoms. The first-order chi connectivity index (χ1) is 7.86. The first-order valence-corrected chi connectivity index (χ1v) is 5.07. The van der Waals surface area contributed by atoms with Crippen LogP contribution in [0.1, 0.15) is 0 Å². The number of aromatic nitrogens is 4. The van der Waals surface area contributed by atoms with Gasteiger partial charge in [0.05, 0.1) is 0 Å². The van der Waals surface area contributed by atoms with Gasteiger partial charge >= 0.3 is 0 Å². The highest BCUT2D eigenvalue weighted by Gasteiger charge is 2.08. The Kier molecular flexibility index (Phi) is 1.93. The topological polar surface area (TPSA) is 43.6 Å². The quantitative estimate of drug-likeness (QED) is 0.617. The molecule has 0 saturated carbocycles. The monoisotopic (exact) mass is 210 g/mol. The van der Waals surface area contributed by atoms with Crippen LogP contribution in [-0.2, 0) is 7.05 Å². The van der Waals surface area contributed by atoms with Gasteiger partial charge in [-0.2, -0.15) is 0 Å². The van der Waals surface area contributed by atoms with Crippen molar-refractivity contribution in [2.24, 2.45) is 7.05 Å². The van der Waals surface area contributed by atoms with Gasteiger partial charge in [0.25, 0.3) is 0 Å². The molecule has 0 aliphatic heterocycles. The van der Waals surface area contributed by atoms with Crippen LogP contribution in [0.15, 0.2) is 42.5 Å². The zero-order valence-electron chi connectivity index (χ0n) is 8.83. The van der Waals surface area contributed by atoms with Crippen molar-refractivity contribution < 1.29 is 0 Å². The minimum atomic E-state index is 0.789. The predicted molar refractivity (Wildman–Crippen MR) is 61.7 cm³/mol. The molecule has 0 unspecified atom stereocenters. The van der Waals surface area contributed by atoms with Crippen molar-refractivity contribution in [1.29, 1.82) is 0 Å². The molecule has 0 N–H and O–H groups in total. The molecule has 0 fully saturated rings. The number of aryl methyl sites for hydroxylation is 1. The van der Waals surface area contributed by atoms with Crippen molar-refractivity contribution in [3.63, 3.8) is 0 Å². The number of fused-ring (bicyclic) bond motifs is 1. The summed E-state index contributed by atoms with van der Waals surface area (Å²) in [7, 11) is 1.84. The van der Waals surface area contributed by atoms with Crippen molar-refractivity contribution in [1.82, 2.24) is 20.2 Å². The number of hydrogen-bond donors (Lipinski definition) is 0. The molecule has 3 rings (SSSR count). The van der Waals surface area contributed by atoms with E-state index in [0.717, 1.165) is 11.4 Å². The molecular formula is C12H10N4. The van der Waals surface area contributed by atoms with Crippen LogP contribution in [0.5, 0.6) is 0 Å². The van der Waals surface area contributed by atoms with Gasteiger partial charge < -0.3 is 0 Å². The second-order valence-corrected chi connectivity index (χ2v) is 3.65. The number of rotatable bonds is 1. The maximum atomic E-state index is 4.04. The van der Waals surface area contributed by atoms with E-state index in [2.05, 4.69) is 33.7 Å². The first-order valence-electron chi connectivity index (χ1n) is 5.07. The molecule has 1 aromatic heterocycles. The average molecular weight is 210 g/mol. The van der Waals surface area contributed by atoms with Gasteiger partial charge in [-0.3, -0.25) is 0 Å². The van der Waals surface area contributed by atoms with Crippen LogP contribution < -0.4 is 0 Å². The van der Waals surface area contributed by atoms with E-state index in [4.69, 9.17) is 0 Å². The molecule has 0 bridgehead atoms. The fourth-order valence-corrected chi connectivity index (χ4v) is 1.88. The van der Waals surface area contributed by atoms with Gasteiger partial charge in [0.1, 0.15) is 0 Å². The standard InChI is InChI=1S/C12H10N4/c1-16-12(13-14-15-16)11-8-4-6-9-5-2-3-7-10(9)11/h2-8H,1H3. The summed E-state index contributed by atoms with van der Waals surface area (Å²) >= 11 is 0.